The van der Waals surface area contributed by atoms with E-state index in [2.05, 4.69) is 72.9 Å². The number of carbonyl (C=O) groups is 4. The molecule has 24 nitrogen and oxygen atoms in total. The molecule has 0 atom stereocenters. The fourth-order valence-electron chi connectivity index (χ4n) is 12.6. The van der Waals surface area contributed by atoms with E-state index in [1.807, 2.05) is 166 Å². The summed E-state index contributed by atoms with van der Waals surface area (Å²) in [6.45, 7) is 22.3. The Balaban J connectivity index is 0.000000163. The number of amides is 4. The standard InChI is InChI=1S/C24H26ClN3O3.C23H27N3O3.C22H24FN3O3.C20H20FN3O3/c1-14-12-17(22-15(2)23(25)28(4)27-22)10-11-20(14)30-13-19-18(16-8-9-16)6-5-7-21(19)31-24(29)26-3;1-14-8-7-9-21(29-23(27)24-5)19(14)13-28-22-11-15(2)18(10-16(22)3)20-12-17(4)26(6)25-20;1-13-7-6-8-19(29-22(27)24-4)17(13)12-28-18-10-9-16(11-14(18)2)20-15(3)21(23)26(5)25-20;1-13-5-4-6-18(27-20(25)22-3)16(13)12-26-19-8-7-15(11-17(19)21)24-10-9-14(2)23-24/h5-7,10-12,16H,8-9,13H2,1-4H3,(H,26,29);7-12H,13H2,1-6H3,(H,24,27);6-11H,12H2,1-5H3,(H,24,27);4-11H,12H2,1-3H3,(H,22,25). The van der Waals surface area contributed by atoms with Gasteiger partial charge in [0.15, 0.2) is 11.6 Å². The number of aryl methyl sites for hydroxylation is 12. The Morgan fingerprint density at radius 1 is 0.422 bits per heavy atom. The number of halogens is 3. The lowest BCUT2D eigenvalue weighted by molar-refractivity contribution is 0.200. The molecule has 606 valence electrons. The fraction of sp³-hybridized carbons (Fsp3) is 0.281. The molecule has 0 aliphatic heterocycles. The van der Waals surface area contributed by atoms with Crippen molar-refractivity contribution in [2.24, 2.45) is 21.1 Å². The third kappa shape index (κ3) is 21.3. The molecule has 4 heterocycles. The molecule has 1 saturated carbocycles. The molecule has 4 amide bonds. The minimum Gasteiger partial charge on any atom is -0.488 e. The zero-order valence-corrected chi connectivity index (χ0v) is 69.2. The molecule has 12 aromatic rings. The van der Waals surface area contributed by atoms with E-state index in [0.29, 0.717) is 75.5 Å². The first kappa shape index (κ1) is 85.5. The Bertz CT molecular complexity index is 5550. The molecular formula is C89H97ClF2N12O12. The number of benzene rings is 8. The van der Waals surface area contributed by atoms with Crippen molar-refractivity contribution >= 4 is 36.0 Å². The molecule has 1 fully saturated rings. The van der Waals surface area contributed by atoms with Gasteiger partial charge in [-0.2, -0.15) is 24.8 Å². The van der Waals surface area contributed by atoms with E-state index in [1.54, 1.807) is 73.0 Å². The lowest BCUT2D eigenvalue weighted by atomic mass is 10.0. The van der Waals surface area contributed by atoms with Crippen LogP contribution < -0.4 is 59.2 Å². The highest BCUT2D eigenvalue weighted by Gasteiger charge is 2.29. The molecule has 0 bridgehead atoms. The summed E-state index contributed by atoms with van der Waals surface area (Å²) < 4.78 is 80.1. The molecule has 1 aliphatic rings. The highest BCUT2D eigenvalue weighted by atomic mass is 35.5. The summed E-state index contributed by atoms with van der Waals surface area (Å²) in [6.07, 6.45) is 1.97. The van der Waals surface area contributed by atoms with Crippen LogP contribution in [0.25, 0.3) is 39.5 Å². The van der Waals surface area contributed by atoms with Gasteiger partial charge in [0.05, 0.1) is 28.5 Å². The normalized spacial score (nSPS) is 11.3. The number of hydrogen-bond donors (Lipinski definition) is 4. The van der Waals surface area contributed by atoms with Crippen LogP contribution in [0.3, 0.4) is 0 Å². The molecule has 8 aromatic carbocycles. The van der Waals surface area contributed by atoms with Crippen molar-refractivity contribution in [2.45, 2.75) is 121 Å². The van der Waals surface area contributed by atoms with Crippen LogP contribution in [0.15, 0.2) is 158 Å². The molecule has 1 aliphatic carbocycles. The molecule has 0 spiro atoms. The number of carbonyl (C=O) groups excluding carboxylic acids is 4. The Morgan fingerprint density at radius 2 is 0.853 bits per heavy atom. The average molecular weight is 1600 g/mol. The van der Waals surface area contributed by atoms with Gasteiger partial charge in [0, 0.05) is 117 Å². The molecule has 0 unspecified atom stereocenters. The quantitative estimate of drug-likeness (QED) is 0.0521. The minimum atomic E-state index is -0.577. The second-order valence-electron chi connectivity index (χ2n) is 27.9. The van der Waals surface area contributed by atoms with Gasteiger partial charge < -0.3 is 59.2 Å². The highest BCUT2D eigenvalue weighted by Crippen LogP contribution is 2.45. The first-order valence-corrected chi connectivity index (χ1v) is 37.9. The van der Waals surface area contributed by atoms with Gasteiger partial charge in [-0.3, -0.25) is 9.36 Å². The average Bonchev–Trinajstić information content (AvgIpc) is 1.65. The van der Waals surface area contributed by atoms with E-state index >= 15 is 0 Å². The number of hydrogen-bond acceptors (Lipinski definition) is 16. The van der Waals surface area contributed by atoms with Crippen molar-refractivity contribution < 1.29 is 65.9 Å². The SMILES string of the molecule is CNC(=O)Oc1cccc(C)c1COc1cc(C)c(-c2cc(C)n(C)n2)cc1C.CNC(=O)Oc1cccc(C)c1COc1ccc(-c2nn(C)c(F)c2C)cc1C.CNC(=O)Oc1cccc(C)c1COc1ccc(-n2ccc(C)n2)cc1F.CNC(=O)Oc1cccc(C2CC2)c1COc1ccc(-c2nn(C)c(Cl)c2C)cc1C. The monoisotopic (exact) mass is 1600 g/mol. The molecule has 0 radical (unpaired) electrons. The lowest BCUT2D eigenvalue weighted by Gasteiger charge is -2.16. The maximum atomic E-state index is 14.4. The molecule has 0 saturated heterocycles. The van der Waals surface area contributed by atoms with Crippen LogP contribution in [0.4, 0.5) is 28.0 Å². The highest BCUT2D eigenvalue weighted by molar-refractivity contribution is 6.30. The molecule has 116 heavy (non-hydrogen) atoms. The summed E-state index contributed by atoms with van der Waals surface area (Å²) in [7, 11) is 11.4. The van der Waals surface area contributed by atoms with Crippen LogP contribution >= 0.6 is 11.6 Å². The summed E-state index contributed by atoms with van der Waals surface area (Å²) in [5.41, 5.74) is 20.6. The van der Waals surface area contributed by atoms with E-state index in [-0.39, 0.29) is 24.9 Å². The topological polar surface area (TPSA) is 262 Å². The molecule has 13 rings (SSSR count). The largest absolute Gasteiger partial charge is 0.488 e. The maximum absolute atomic E-state index is 14.4. The predicted molar refractivity (Wildman–Crippen MR) is 442 cm³/mol. The van der Waals surface area contributed by atoms with Gasteiger partial charge >= 0.3 is 24.4 Å². The van der Waals surface area contributed by atoms with Gasteiger partial charge in [-0.25, -0.2) is 32.9 Å². The number of rotatable bonds is 21. The van der Waals surface area contributed by atoms with Gasteiger partial charge in [0.25, 0.3) is 0 Å². The van der Waals surface area contributed by atoms with E-state index < -0.39 is 30.2 Å². The summed E-state index contributed by atoms with van der Waals surface area (Å²) in [5.74, 6) is 3.91. The van der Waals surface area contributed by atoms with E-state index in [1.165, 1.54) is 37.5 Å². The van der Waals surface area contributed by atoms with Crippen molar-refractivity contribution in [3.63, 3.8) is 0 Å². The third-order valence-corrected chi connectivity index (χ3v) is 20.0. The van der Waals surface area contributed by atoms with Gasteiger partial charge in [-0.05, 0) is 236 Å². The van der Waals surface area contributed by atoms with Crippen molar-refractivity contribution in [3.05, 3.63) is 264 Å². The summed E-state index contributed by atoms with van der Waals surface area (Å²) in [4.78, 5) is 46.5. The Kier molecular flexibility index (Phi) is 28.5. The van der Waals surface area contributed by atoms with Crippen LogP contribution in [0, 0.1) is 87.9 Å². The first-order valence-electron chi connectivity index (χ1n) is 37.5. The molecule has 4 aromatic heterocycles. The number of ether oxygens (including phenoxy) is 8. The summed E-state index contributed by atoms with van der Waals surface area (Å²) in [5, 5.41) is 28.1. The van der Waals surface area contributed by atoms with E-state index in [4.69, 9.17) is 49.5 Å². The van der Waals surface area contributed by atoms with Gasteiger partial charge in [0.2, 0.25) is 5.95 Å². The maximum Gasteiger partial charge on any atom is 0.412 e. The van der Waals surface area contributed by atoms with Crippen molar-refractivity contribution in [1.82, 2.24) is 60.4 Å². The minimum absolute atomic E-state index is 0.0656. The second-order valence-corrected chi connectivity index (χ2v) is 28.3. The predicted octanol–water partition coefficient (Wildman–Crippen LogP) is 18.5. The van der Waals surface area contributed by atoms with Crippen LogP contribution in [-0.2, 0) is 47.6 Å². The van der Waals surface area contributed by atoms with Crippen molar-refractivity contribution in [2.75, 3.05) is 28.2 Å². The summed E-state index contributed by atoms with van der Waals surface area (Å²) >= 11 is 6.28. The molecule has 4 N–H and O–H groups in total. The number of nitrogens with zero attached hydrogens (tertiary/aromatic N) is 8. The van der Waals surface area contributed by atoms with Gasteiger partial charge in [-0.1, -0.05) is 60.1 Å². The summed E-state index contributed by atoms with van der Waals surface area (Å²) in [6, 6.07) is 46.5. The molecule has 27 heteroatoms. The van der Waals surface area contributed by atoms with Crippen LogP contribution in [0.5, 0.6) is 46.0 Å². The van der Waals surface area contributed by atoms with E-state index in [0.717, 1.165) is 125 Å². The van der Waals surface area contributed by atoms with Crippen LogP contribution in [0.2, 0.25) is 5.15 Å². The Labute approximate surface area is 678 Å². The number of nitrogens with one attached hydrogen (secondary N) is 4. The van der Waals surface area contributed by atoms with Gasteiger partial charge in [0.1, 0.15) is 71.8 Å². The zero-order valence-electron chi connectivity index (χ0n) is 68.4. The van der Waals surface area contributed by atoms with Gasteiger partial charge in [-0.15, -0.1) is 0 Å². The number of aromatic nitrogens is 8. The third-order valence-electron chi connectivity index (χ3n) is 19.5. The Hall–Kier alpha value is -13.0. The lowest BCUT2D eigenvalue weighted by Crippen LogP contribution is -2.23. The van der Waals surface area contributed by atoms with Crippen LogP contribution in [0.1, 0.15) is 108 Å². The Morgan fingerprint density at radius 3 is 1.26 bits per heavy atom. The first-order chi connectivity index (χ1) is 55.5. The molecular weight excluding hydrogens is 1500 g/mol. The fourth-order valence-corrected chi connectivity index (χ4v) is 12.7. The zero-order chi connectivity index (χ0) is 83.8. The smallest absolute Gasteiger partial charge is 0.412 e. The van der Waals surface area contributed by atoms with Crippen molar-refractivity contribution in [3.8, 4) is 85.5 Å². The van der Waals surface area contributed by atoms with E-state index in [9.17, 15) is 28.0 Å². The van der Waals surface area contributed by atoms with Crippen LogP contribution in [-0.4, -0.2) is 91.7 Å². The van der Waals surface area contributed by atoms with Crippen molar-refractivity contribution in [1.29, 1.82) is 0 Å². The second kappa shape index (κ2) is 38.7.